The van der Waals surface area contributed by atoms with E-state index < -0.39 is 10.0 Å². The molecule has 1 unspecified atom stereocenters. The van der Waals surface area contributed by atoms with Crippen LogP contribution in [-0.2, 0) is 10.0 Å². The van der Waals surface area contributed by atoms with E-state index in [2.05, 4.69) is 5.32 Å². The fourth-order valence-electron chi connectivity index (χ4n) is 2.58. The van der Waals surface area contributed by atoms with E-state index in [-0.39, 0.29) is 24.1 Å². The summed E-state index contributed by atoms with van der Waals surface area (Å²) in [4.78, 5) is 12.6. The van der Waals surface area contributed by atoms with Gasteiger partial charge in [-0.25, -0.2) is 8.42 Å². The maximum atomic E-state index is 12.6. The number of carbonyl (C=O) groups is 1. The van der Waals surface area contributed by atoms with E-state index in [4.69, 9.17) is 9.47 Å². The minimum absolute atomic E-state index is 0.240. The number of amides is 1. The number of nitrogens with one attached hydrogen (secondary N) is 1. The van der Waals surface area contributed by atoms with Crippen molar-refractivity contribution in [2.45, 2.75) is 6.10 Å². The second-order valence-corrected chi connectivity index (χ2v) is 7.97. The first-order valence-corrected chi connectivity index (χ1v) is 9.90. The van der Waals surface area contributed by atoms with Crippen molar-refractivity contribution in [3.63, 3.8) is 0 Å². The summed E-state index contributed by atoms with van der Waals surface area (Å²) >= 11 is 0. The molecule has 0 spiro atoms. The Hall–Kier alpha value is -2.74. The van der Waals surface area contributed by atoms with Crippen LogP contribution in [0, 0.1) is 0 Å². The Morgan fingerprint density at radius 2 is 1.81 bits per heavy atom. The van der Waals surface area contributed by atoms with Crippen LogP contribution in [0.15, 0.2) is 48.5 Å². The van der Waals surface area contributed by atoms with Gasteiger partial charge in [0.2, 0.25) is 10.0 Å². The summed E-state index contributed by atoms with van der Waals surface area (Å²) in [6.45, 7) is 0.562. The molecule has 1 amide bonds. The fourth-order valence-corrected chi connectivity index (χ4v) is 3.10. The molecule has 1 aliphatic rings. The molecular formula is C18H20N2O5S. The lowest BCUT2D eigenvalue weighted by Gasteiger charge is -2.26. The molecule has 1 aliphatic heterocycles. The number of ether oxygens (including phenoxy) is 2. The number of sulfonamides is 1. The molecule has 0 bridgehead atoms. The van der Waals surface area contributed by atoms with Gasteiger partial charge in [-0.1, -0.05) is 24.3 Å². The highest BCUT2D eigenvalue weighted by Crippen LogP contribution is 2.30. The van der Waals surface area contributed by atoms with Crippen molar-refractivity contribution < 1.29 is 22.7 Å². The van der Waals surface area contributed by atoms with Gasteiger partial charge in [-0.3, -0.25) is 9.10 Å². The number of para-hydroxylation sites is 3. The lowest BCUT2D eigenvalue weighted by Crippen LogP contribution is -2.41. The minimum atomic E-state index is -3.47. The number of nitrogens with zero attached hydrogens (tertiary/aromatic N) is 1. The smallest absolute Gasteiger partial charge is 0.253 e. The van der Waals surface area contributed by atoms with Gasteiger partial charge in [0, 0.05) is 7.05 Å². The molecule has 0 radical (unpaired) electrons. The van der Waals surface area contributed by atoms with Gasteiger partial charge in [-0.15, -0.1) is 0 Å². The van der Waals surface area contributed by atoms with Gasteiger partial charge >= 0.3 is 0 Å². The minimum Gasteiger partial charge on any atom is -0.486 e. The Morgan fingerprint density at radius 3 is 2.54 bits per heavy atom. The highest BCUT2D eigenvalue weighted by Gasteiger charge is 2.23. The summed E-state index contributed by atoms with van der Waals surface area (Å²) in [5, 5.41) is 2.78. The highest BCUT2D eigenvalue weighted by atomic mass is 32.2. The van der Waals surface area contributed by atoms with Crippen LogP contribution in [0.2, 0.25) is 0 Å². The molecule has 0 aromatic heterocycles. The lowest BCUT2D eigenvalue weighted by atomic mass is 10.1. The predicted molar refractivity (Wildman–Crippen MR) is 98.4 cm³/mol. The third-order valence-electron chi connectivity index (χ3n) is 4.04. The molecule has 1 N–H and O–H groups in total. The number of rotatable bonds is 5. The maximum Gasteiger partial charge on any atom is 0.253 e. The van der Waals surface area contributed by atoms with Crippen LogP contribution in [0.5, 0.6) is 11.5 Å². The summed E-state index contributed by atoms with van der Waals surface area (Å²) in [5.74, 6) is 0.934. The van der Waals surface area contributed by atoms with Crippen LogP contribution in [0.4, 0.5) is 5.69 Å². The Balaban J connectivity index is 1.68. The Morgan fingerprint density at radius 1 is 1.15 bits per heavy atom. The summed E-state index contributed by atoms with van der Waals surface area (Å²) in [5.41, 5.74) is 0.594. The van der Waals surface area contributed by atoms with Crippen LogP contribution in [0.25, 0.3) is 0 Å². The third-order valence-corrected chi connectivity index (χ3v) is 5.23. The molecule has 3 rings (SSSR count). The molecule has 2 aromatic carbocycles. The van der Waals surface area contributed by atoms with Crippen molar-refractivity contribution in [3.05, 3.63) is 54.1 Å². The van der Waals surface area contributed by atoms with E-state index in [9.17, 15) is 13.2 Å². The highest BCUT2D eigenvalue weighted by molar-refractivity contribution is 7.92. The molecule has 26 heavy (non-hydrogen) atoms. The van der Waals surface area contributed by atoms with E-state index in [1.807, 2.05) is 18.2 Å². The normalized spacial score (nSPS) is 16.0. The summed E-state index contributed by atoms with van der Waals surface area (Å²) in [6.07, 6.45) is 0.764. The Kier molecular flexibility index (Phi) is 5.03. The quantitative estimate of drug-likeness (QED) is 0.858. The van der Waals surface area contributed by atoms with Gasteiger partial charge in [0.1, 0.15) is 12.7 Å². The zero-order chi connectivity index (χ0) is 18.7. The summed E-state index contributed by atoms with van der Waals surface area (Å²) in [6, 6.07) is 13.9. The molecule has 0 saturated carbocycles. The van der Waals surface area contributed by atoms with Crippen molar-refractivity contribution in [1.29, 1.82) is 0 Å². The van der Waals surface area contributed by atoms with Gasteiger partial charge < -0.3 is 14.8 Å². The van der Waals surface area contributed by atoms with E-state index in [0.29, 0.717) is 23.8 Å². The molecule has 1 heterocycles. The molecule has 2 aromatic rings. The van der Waals surface area contributed by atoms with Crippen LogP contribution in [0.3, 0.4) is 0 Å². The van der Waals surface area contributed by atoms with E-state index in [1.165, 1.54) is 7.05 Å². The zero-order valence-electron chi connectivity index (χ0n) is 14.5. The fraction of sp³-hybridized carbons (Fsp3) is 0.278. The van der Waals surface area contributed by atoms with Crippen LogP contribution >= 0.6 is 0 Å². The Labute approximate surface area is 152 Å². The van der Waals surface area contributed by atoms with Crippen LogP contribution in [0.1, 0.15) is 10.4 Å². The number of carbonyl (C=O) groups excluding carboxylic acids is 1. The molecule has 0 saturated heterocycles. The first-order chi connectivity index (χ1) is 12.4. The molecule has 1 atom stereocenters. The van der Waals surface area contributed by atoms with Gasteiger partial charge in [0.25, 0.3) is 5.91 Å². The average molecular weight is 376 g/mol. The molecule has 7 nitrogen and oxygen atoms in total. The summed E-state index contributed by atoms with van der Waals surface area (Å²) < 4.78 is 36.1. The second-order valence-electron chi connectivity index (χ2n) is 5.96. The standard InChI is InChI=1S/C18H20N2O5S/c1-20(26(2,22)23)15-8-4-3-7-14(15)18(21)19-11-13-12-24-16-9-5-6-10-17(16)25-13/h3-10,13H,11-12H2,1-2H3,(H,19,21). The van der Waals surface area contributed by atoms with Crippen LogP contribution < -0.4 is 19.1 Å². The molecule has 0 fully saturated rings. The second kappa shape index (κ2) is 7.25. The zero-order valence-corrected chi connectivity index (χ0v) is 15.3. The monoisotopic (exact) mass is 376 g/mol. The number of hydrogen-bond acceptors (Lipinski definition) is 5. The maximum absolute atomic E-state index is 12.6. The van der Waals surface area contributed by atoms with Gasteiger partial charge in [-0.2, -0.15) is 0 Å². The Bertz CT molecular complexity index is 913. The van der Waals surface area contributed by atoms with Gasteiger partial charge in [0.15, 0.2) is 11.5 Å². The number of benzene rings is 2. The topological polar surface area (TPSA) is 84.9 Å². The third kappa shape index (κ3) is 3.91. The lowest BCUT2D eigenvalue weighted by molar-refractivity contribution is 0.0789. The van der Waals surface area contributed by atoms with Crippen molar-refractivity contribution in [3.8, 4) is 11.5 Å². The largest absolute Gasteiger partial charge is 0.486 e. The van der Waals surface area contributed by atoms with E-state index in [1.54, 1.807) is 30.3 Å². The van der Waals surface area contributed by atoms with Gasteiger partial charge in [-0.05, 0) is 24.3 Å². The average Bonchev–Trinajstić information content (AvgIpc) is 2.64. The molecule has 8 heteroatoms. The summed E-state index contributed by atoms with van der Waals surface area (Å²) in [7, 11) is -2.06. The SMILES string of the molecule is CN(c1ccccc1C(=O)NCC1COc2ccccc2O1)S(C)(=O)=O. The van der Waals surface area contributed by atoms with Crippen molar-refractivity contribution in [2.24, 2.45) is 0 Å². The van der Waals surface area contributed by atoms with E-state index >= 15 is 0 Å². The number of hydrogen-bond donors (Lipinski definition) is 1. The number of anilines is 1. The van der Waals surface area contributed by atoms with Crippen molar-refractivity contribution in [1.82, 2.24) is 5.32 Å². The van der Waals surface area contributed by atoms with Crippen molar-refractivity contribution in [2.75, 3.05) is 30.8 Å². The molecule has 0 aliphatic carbocycles. The first kappa shape index (κ1) is 18.1. The predicted octanol–water partition coefficient (Wildman–Crippen LogP) is 1.65. The van der Waals surface area contributed by atoms with Gasteiger partial charge in [0.05, 0.1) is 24.1 Å². The molecular weight excluding hydrogens is 356 g/mol. The number of fused-ring (bicyclic) bond motifs is 1. The van der Waals surface area contributed by atoms with Crippen molar-refractivity contribution >= 4 is 21.6 Å². The molecule has 138 valence electrons. The first-order valence-electron chi connectivity index (χ1n) is 8.06. The van der Waals surface area contributed by atoms with Crippen LogP contribution in [-0.4, -0.2) is 46.9 Å². The van der Waals surface area contributed by atoms with E-state index in [0.717, 1.165) is 10.6 Å².